The third-order valence-electron chi connectivity index (χ3n) is 13.7. The van der Waals surface area contributed by atoms with Gasteiger partial charge in [0.25, 0.3) is 0 Å². The summed E-state index contributed by atoms with van der Waals surface area (Å²) in [4.78, 5) is 13.1. The molecule has 14 nitrogen and oxygen atoms in total. The van der Waals surface area contributed by atoms with E-state index in [1.165, 1.54) is 51.4 Å². The van der Waals surface area contributed by atoms with Crippen molar-refractivity contribution in [2.24, 2.45) is 0 Å². The van der Waals surface area contributed by atoms with Crippen LogP contribution in [0.15, 0.2) is 134 Å². The normalized spacial score (nSPS) is 24.7. The first-order chi connectivity index (χ1) is 39.6. The molecule has 14 heteroatoms. The van der Waals surface area contributed by atoms with Crippen LogP contribution in [0.4, 0.5) is 0 Å². The summed E-state index contributed by atoms with van der Waals surface area (Å²) in [7, 11) is 0. The summed E-state index contributed by atoms with van der Waals surface area (Å²) in [6.45, 7) is 3.36. The van der Waals surface area contributed by atoms with Gasteiger partial charge < -0.3 is 64.2 Å². The number of unbranched alkanes of at least 4 members (excludes halogenated alkanes) is 12. The quantitative estimate of drug-likeness (QED) is 0.0172. The molecule has 0 aromatic rings. The molecule has 2 rings (SSSR count). The number of hydrogen-bond donors (Lipinski definition) is 7. The molecule has 0 spiro atoms. The lowest BCUT2D eigenvalue weighted by molar-refractivity contribution is -0.332. The van der Waals surface area contributed by atoms with Crippen LogP contribution >= 0.6 is 0 Å². The summed E-state index contributed by atoms with van der Waals surface area (Å²) in [6, 6.07) is 0. The molecular weight excluding hydrogens is 1030 g/mol. The SMILES string of the molecule is CC/C=C\C/C=C\C/C=C\C/C=C\C/C=C\C/C=C\C/C=C\CCCC(=O)OC(COCCCCCCCCCCCCC/C=C\C/C=C\C/C=C\C/C=C\CC)COC1OC(COC2OC(CO)C(O)C(O)C2O)C(O)C(O)C1O. The van der Waals surface area contributed by atoms with Crippen molar-refractivity contribution in [2.45, 2.75) is 248 Å². The van der Waals surface area contributed by atoms with E-state index in [1.54, 1.807) is 0 Å². The predicted molar refractivity (Wildman–Crippen MR) is 325 cm³/mol. The maximum absolute atomic E-state index is 13.1. The number of allylic oxidation sites excluding steroid dienone is 22. The molecule has 0 bridgehead atoms. The average molecular weight is 1140 g/mol. The van der Waals surface area contributed by atoms with Crippen LogP contribution in [0.5, 0.6) is 0 Å². The first-order valence-electron chi connectivity index (χ1n) is 30.8. The fourth-order valence-corrected chi connectivity index (χ4v) is 8.79. The van der Waals surface area contributed by atoms with E-state index in [1.807, 2.05) is 6.08 Å². The van der Waals surface area contributed by atoms with Crippen LogP contribution in [0.1, 0.15) is 181 Å². The molecule has 2 aliphatic rings. The molecular formula is C67H108O14. The highest BCUT2D eigenvalue weighted by molar-refractivity contribution is 5.69. The molecule has 0 aliphatic carbocycles. The largest absolute Gasteiger partial charge is 0.457 e. The fraction of sp³-hybridized carbons (Fsp3) is 0.657. The van der Waals surface area contributed by atoms with E-state index in [-0.39, 0.29) is 19.6 Å². The van der Waals surface area contributed by atoms with E-state index in [2.05, 4.69) is 141 Å². The van der Waals surface area contributed by atoms with Gasteiger partial charge in [0.2, 0.25) is 0 Å². The second-order valence-electron chi connectivity index (χ2n) is 20.8. The van der Waals surface area contributed by atoms with Gasteiger partial charge in [-0.05, 0) is 103 Å². The Bertz CT molecular complexity index is 1850. The van der Waals surface area contributed by atoms with Crippen molar-refractivity contribution in [2.75, 3.05) is 33.0 Å². The van der Waals surface area contributed by atoms with E-state index >= 15 is 0 Å². The Balaban J connectivity index is 1.73. The Morgan fingerprint density at radius 3 is 1.20 bits per heavy atom. The van der Waals surface area contributed by atoms with Crippen molar-refractivity contribution in [3.63, 3.8) is 0 Å². The van der Waals surface area contributed by atoms with Crippen molar-refractivity contribution in [1.29, 1.82) is 0 Å². The molecule has 0 amide bonds. The minimum Gasteiger partial charge on any atom is -0.457 e. The highest BCUT2D eigenvalue weighted by Gasteiger charge is 2.47. The lowest BCUT2D eigenvalue weighted by Gasteiger charge is -2.42. The average Bonchev–Trinajstić information content (AvgIpc) is 3.46. The highest BCUT2D eigenvalue weighted by atomic mass is 16.7. The van der Waals surface area contributed by atoms with Gasteiger partial charge in [0, 0.05) is 13.0 Å². The number of carbonyl (C=O) groups is 1. The van der Waals surface area contributed by atoms with Crippen molar-refractivity contribution < 1.29 is 69.0 Å². The first kappa shape index (κ1) is 73.2. The minimum atomic E-state index is -1.73. The van der Waals surface area contributed by atoms with Gasteiger partial charge in [-0.25, -0.2) is 0 Å². The van der Waals surface area contributed by atoms with Crippen LogP contribution in [0.3, 0.4) is 0 Å². The highest BCUT2D eigenvalue weighted by Crippen LogP contribution is 2.26. The number of esters is 1. The van der Waals surface area contributed by atoms with Crippen LogP contribution in [0.25, 0.3) is 0 Å². The van der Waals surface area contributed by atoms with E-state index in [0.717, 1.165) is 96.3 Å². The summed E-state index contributed by atoms with van der Waals surface area (Å²) in [5.74, 6) is -0.439. The standard InChI is InChI=1S/C67H108O14/c1-3-5-7-9-11-13-15-17-19-21-23-25-27-29-31-33-35-37-39-41-43-45-47-49-51-76-53-56(54-77-66-65(75)63(73)61(71)58(81-66)55-78-67-64(74)62(72)60(70)57(52-68)80-67)79-59(69)50-48-46-44-42-40-38-36-34-32-30-28-26-24-22-20-18-16-14-12-10-8-6-4-2/h5-8,11-14,17-20,23-26,30,32,36,38,42,44,56-58,60-68,70-75H,3-4,9-10,15-16,21-22,27-29,31,33-35,37,39-41,43,45-55H2,1-2H3/b7-5-,8-6-,13-11-,14-12-,19-17-,20-18-,25-23-,26-24-,32-30-,38-36-,44-42-. The van der Waals surface area contributed by atoms with Crippen LogP contribution in [0.2, 0.25) is 0 Å². The molecule has 0 radical (unpaired) electrons. The Kier molecular flexibility index (Phi) is 46.8. The van der Waals surface area contributed by atoms with Gasteiger partial charge in [0.05, 0.1) is 26.4 Å². The molecule has 81 heavy (non-hydrogen) atoms. The molecule has 2 fully saturated rings. The van der Waals surface area contributed by atoms with Gasteiger partial charge in [-0.3, -0.25) is 4.79 Å². The summed E-state index contributed by atoms with van der Waals surface area (Å²) >= 11 is 0. The van der Waals surface area contributed by atoms with Gasteiger partial charge in [-0.1, -0.05) is 205 Å². The van der Waals surface area contributed by atoms with Crippen LogP contribution in [-0.2, 0) is 33.2 Å². The number of hydrogen-bond acceptors (Lipinski definition) is 14. The Labute approximate surface area is 488 Å². The molecule has 11 atom stereocenters. The maximum atomic E-state index is 13.1. The molecule has 2 heterocycles. The predicted octanol–water partition coefficient (Wildman–Crippen LogP) is 11.9. The molecule has 2 aliphatic heterocycles. The number of aliphatic hydroxyl groups excluding tert-OH is 7. The van der Waals surface area contributed by atoms with Crippen LogP contribution in [0, 0.1) is 0 Å². The number of carbonyl (C=O) groups excluding carboxylic acids is 1. The zero-order valence-electron chi connectivity index (χ0n) is 49.5. The number of rotatable bonds is 48. The molecule has 460 valence electrons. The molecule has 0 saturated carbocycles. The Morgan fingerprint density at radius 2 is 0.765 bits per heavy atom. The van der Waals surface area contributed by atoms with Crippen molar-refractivity contribution in [3.8, 4) is 0 Å². The molecule has 11 unspecified atom stereocenters. The molecule has 2 saturated heterocycles. The smallest absolute Gasteiger partial charge is 0.306 e. The summed E-state index contributed by atoms with van der Waals surface area (Å²) in [5, 5.41) is 72.5. The second kappa shape index (κ2) is 51.7. The van der Waals surface area contributed by atoms with Crippen molar-refractivity contribution in [1.82, 2.24) is 0 Å². The van der Waals surface area contributed by atoms with E-state index in [9.17, 15) is 40.5 Å². The third kappa shape index (κ3) is 37.9. The van der Waals surface area contributed by atoms with E-state index in [4.69, 9.17) is 28.4 Å². The first-order valence-corrected chi connectivity index (χ1v) is 30.8. The van der Waals surface area contributed by atoms with Gasteiger partial charge >= 0.3 is 5.97 Å². The Morgan fingerprint density at radius 1 is 0.407 bits per heavy atom. The Hall–Kier alpha value is -3.87. The molecule has 0 aromatic carbocycles. The summed E-state index contributed by atoms with van der Waals surface area (Å²) < 4.78 is 34.4. The second-order valence-corrected chi connectivity index (χ2v) is 20.8. The van der Waals surface area contributed by atoms with Gasteiger partial charge in [0.15, 0.2) is 12.6 Å². The van der Waals surface area contributed by atoms with Gasteiger partial charge in [-0.15, -0.1) is 0 Å². The van der Waals surface area contributed by atoms with Gasteiger partial charge in [0.1, 0.15) is 54.9 Å². The van der Waals surface area contributed by atoms with Crippen molar-refractivity contribution >= 4 is 5.97 Å². The van der Waals surface area contributed by atoms with Crippen molar-refractivity contribution in [3.05, 3.63) is 134 Å². The lowest BCUT2D eigenvalue weighted by Crippen LogP contribution is -2.61. The van der Waals surface area contributed by atoms with Crippen LogP contribution in [-0.4, -0.2) is 142 Å². The topological polar surface area (TPSA) is 214 Å². The zero-order chi connectivity index (χ0) is 58.6. The number of aliphatic hydroxyl groups is 7. The minimum absolute atomic E-state index is 0.0265. The van der Waals surface area contributed by atoms with Gasteiger partial charge in [-0.2, -0.15) is 0 Å². The number of ether oxygens (including phenoxy) is 6. The molecule has 7 N–H and O–H groups in total. The van der Waals surface area contributed by atoms with E-state index < -0.39 is 86.7 Å². The van der Waals surface area contributed by atoms with E-state index in [0.29, 0.717) is 19.4 Å². The molecule has 0 aromatic heterocycles. The summed E-state index contributed by atoms with van der Waals surface area (Å²) in [6.07, 6.45) is 58.0. The lowest BCUT2D eigenvalue weighted by atomic mass is 9.98. The monoisotopic (exact) mass is 1140 g/mol. The zero-order valence-corrected chi connectivity index (χ0v) is 49.5. The summed E-state index contributed by atoms with van der Waals surface area (Å²) in [5.41, 5.74) is 0. The fourth-order valence-electron chi connectivity index (χ4n) is 8.79. The maximum Gasteiger partial charge on any atom is 0.306 e. The third-order valence-corrected chi connectivity index (χ3v) is 13.7. The van der Waals surface area contributed by atoms with Crippen LogP contribution < -0.4 is 0 Å².